The third-order valence-electron chi connectivity index (χ3n) is 3.99. The predicted molar refractivity (Wildman–Crippen MR) is 102 cm³/mol. The van der Waals surface area contributed by atoms with Gasteiger partial charge in [0.25, 0.3) is 10.0 Å². The minimum absolute atomic E-state index is 0.239. The number of hydrogen-bond acceptors (Lipinski definition) is 5. The van der Waals surface area contributed by atoms with Crippen molar-refractivity contribution in [1.82, 2.24) is 14.8 Å². The van der Waals surface area contributed by atoms with Gasteiger partial charge in [0, 0.05) is 11.4 Å². The molecule has 0 aliphatic heterocycles. The van der Waals surface area contributed by atoms with E-state index in [9.17, 15) is 17.6 Å². The number of nitrogens with one attached hydrogen (secondary N) is 2. The fourth-order valence-electron chi connectivity index (χ4n) is 2.43. The number of sulfonamides is 1. The molecular weight excluding hydrogens is 385 g/mol. The Morgan fingerprint density at radius 1 is 1.14 bits per heavy atom. The van der Waals surface area contributed by atoms with Crippen molar-refractivity contribution in [3.05, 3.63) is 66.5 Å². The zero-order valence-electron chi connectivity index (χ0n) is 15.1. The number of aryl methyl sites for hydroxylation is 1. The smallest absolute Gasteiger partial charge is 0.264 e. The number of carbonyl (C=O) groups excluding carboxylic acids is 1. The lowest BCUT2D eigenvalue weighted by molar-refractivity contribution is -0.119. The maximum absolute atomic E-state index is 13.9. The van der Waals surface area contributed by atoms with Crippen molar-refractivity contribution in [2.75, 3.05) is 10.0 Å². The molecule has 10 heteroatoms. The Kier molecular flexibility index (Phi) is 5.41. The maximum atomic E-state index is 13.9. The average molecular weight is 403 g/mol. The highest BCUT2D eigenvalue weighted by molar-refractivity contribution is 7.92. The molecule has 1 aromatic heterocycles. The zero-order valence-corrected chi connectivity index (χ0v) is 15.9. The number of anilines is 2. The SMILES string of the molecule is Cc1ccc(F)c(S(=O)(=O)Nc2ccc(NC(=O)C(C)n3cncn3)cc2)c1. The van der Waals surface area contributed by atoms with Gasteiger partial charge in [0.2, 0.25) is 5.91 Å². The molecule has 2 N–H and O–H groups in total. The number of benzene rings is 2. The monoisotopic (exact) mass is 403 g/mol. The number of nitrogens with zero attached hydrogens (tertiary/aromatic N) is 3. The van der Waals surface area contributed by atoms with Crippen molar-refractivity contribution in [3.63, 3.8) is 0 Å². The molecule has 146 valence electrons. The summed E-state index contributed by atoms with van der Waals surface area (Å²) in [7, 11) is -4.08. The third-order valence-corrected chi connectivity index (χ3v) is 5.39. The van der Waals surface area contributed by atoms with Gasteiger partial charge in [0.1, 0.15) is 29.4 Å². The maximum Gasteiger partial charge on any atom is 0.264 e. The number of aromatic nitrogens is 3. The van der Waals surface area contributed by atoms with E-state index in [0.29, 0.717) is 11.3 Å². The number of rotatable bonds is 6. The summed E-state index contributed by atoms with van der Waals surface area (Å²) >= 11 is 0. The van der Waals surface area contributed by atoms with E-state index in [2.05, 4.69) is 20.1 Å². The molecule has 0 saturated carbocycles. The fraction of sp³-hybridized carbons (Fsp3) is 0.167. The first kappa shape index (κ1) is 19.5. The minimum Gasteiger partial charge on any atom is -0.324 e. The number of halogens is 1. The molecule has 1 unspecified atom stereocenters. The molecule has 0 radical (unpaired) electrons. The molecule has 0 aliphatic rings. The van der Waals surface area contributed by atoms with Crippen LogP contribution >= 0.6 is 0 Å². The highest BCUT2D eigenvalue weighted by atomic mass is 32.2. The van der Waals surface area contributed by atoms with E-state index in [-0.39, 0.29) is 11.6 Å². The second-order valence-electron chi connectivity index (χ2n) is 6.16. The van der Waals surface area contributed by atoms with Crippen LogP contribution in [0.15, 0.2) is 60.0 Å². The van der Waals surface area contributed by atoms with E-state index in [1.807, 2.05) is 0 Å². The van der Waals surface area contributed by atoms with Crippen LogP contribution in [0.25, 0.3) is 0 Å². The Balaban J connectivity index is 1.70. The molecule has 1 amide bonds. The van der Waals surface area contributed by atoms with Crippen LogP contribution in [0, 0.1) is 12.7 Å². The zero-order chi connectivity index (χ0) is 20.3. The van der Waals surface area contributed by atoms with Crippen molar-refractivity contribution in [3.8, 4) is 0 Å². The molecule has 1 atom stereocenters. The quantitative estimate of drug-likeness (QED) is 0.658. The van der Waals surface area contributed by atoms with Crippen molar-refractivity contribution in [2.24, 2.45) is 0 Å². The highest BCUT2D eigenvalue weighted by Gasteiger charge is 2.20. The van der Waals surface area contributed by atoms with Gasteiger partial charge in [-0.05, 0) is 55.8 Å². The van der Waals surface area contributed by atoms with Crippen LogP contribution in [0.3, 0.4) is 0 Å². The van der Waals surface area contributed by atoms with Gasteiger partial charge in [-0.15, -0.1) is 0 Å². The Labute approximate surface area is 161 Å². The summed E-state index contributed by atoms with van der Waals surface area (Å²) in [4.78, 5) is 15.6. The van der Waals surface area contributed by atoms with E-state index < -0.39 is 26.8 Å². The largest absolute Gasteiger partial charge is 0.324 e. The van der Waals surface area contributed by atoms with Gasteiger partial charge < -0.3 is 5.32 Å². The molecule has 0 fully saturated rings. The molecule has 0 bridgehead atoms. The number of hydrogen-bond donors (Lipinski definition) is 2. The third kappa shape index (κ3) is 4.34. The molecule has 0 spiro atoms. The Bertz CT molecular complexity index is 1080. The van der Waals surface area contributed by atoms with Gasteiger partial charge in [-0.25, -0.2) is 22.5 Å². The van der Waals surface area contributed by atoms with E-state index in [1.165, 1.54) is 53.7 Å². The first-order valence-corrected chi connectivity index (χ1v) is 9.78. The van der Waals surface area contributed by atoms with Crippen LogP contribution in [0.4, 0.5) is 15.8 Å². The first-order chi connectivity index (χ1) is 13.3. The van der Waals surface area contributed by atoms with Crippen LogP contribution in [0.1, 0.15) is 18.5 Å². The van der Waals surface area contributed by atoms with E-state index in [4.69, 9.17) is 0 Å². The van der Waals surface area contributed by atoms with Crippen LogP contribution in [-0.2, 0) is 14.8 Å². The molecule has 0 saturated heterocycles. The summed E-state index contributed by atoms with van der Waals surface area (Å²) in [6.45, 7) is 3.35. The van der Waals surface area contributed by atoms with Gasteiger partial charge in [-0.2, -0.15) is 5.10 Å². The average Bonchev–Trinajstić information content (AvgIpc) is 3.19. The standard InChI is InChI=1S/C18H18FN5O3S/c1-12-3-8-16(19)17(9-12)28(26,27)23-15-6-4-14(5-7-15)22-18(25)13(2)24-11-20-10-21-24/h3-11,13,23H,1-2H3,(H,22,25). The molecule has 28 heavy (non-hydrogen) atoms. The van der Waals surface area contributed by atoms with E-state index >= 15 is 0 Å². The summed E-state index contributed by atoms with van der Waals surface area (Å²) in [6, 6.07) is 9.32. The van der Waals surface area contributed by atoms with Crippen molar-refractivity contribution < 1.29 is 17.6 Å². The van der Waals surface area contributed by atoms with Gasteiger partial charge in [0.15, 0.2) is 0 Å². The topological polar surface area (TPSA) is 106 Å². The molecule has 8 nitrogen and oxygen atoms in total. The van der Waals surface area contributed by atoms with Gasteiger partial charge in [0.05, 0.1) is 0 Å². The highest BCUT2D eigenvalue weighted by Crippen LogP contribution is 2.21. The summed E-state index contributed by atoms with van der Waals surface area (Å²) in [6.07, 6.45) is 2.77. The summed E-state index contributed by atoms with van der Waals surface area (Å²) in [5, 5.41) is 6.62. The minimum atomic E-state index is -4.08. The molecule has 3 aromatic rings. The van der Waals surface area contributed by atoms with Crippen molar-refractivity contribution in [2.45, 2.75) is 24.8 Å². The molecule has 2 aromatic carbocycles. The lowest BCUT2D eigenvalue weighted by Crippen LogP contribution is -2.24. The van der Waals surface area contributed by atoms with Crippen molar-refractivity contribution in [1.29, 1.82) is 0 Å². The number of carbonyl (C=O) groups is 1. The van der Waals surface area contributed by atoms with Gasteiger partial charge in [-0.3, -0.25) is 9.52 Å². The molecule has 1 heterocycles. The second-order valence-corrected chi connectivity index (χ2v) is 7.81. The second kappa shape index (κ2) is 7.77. The Hall–Kier alpha value is -3.27. The summed E-state index contributed by atoms with van der Waals surface area (Å²) < 4.78 is 42.5. The summed E-state index contributed by atoms with van der Waals surface area (Å²) in [5.74, 6) is -1.13. The van der Waals surface area contributed by atoms with Crippen molar-refractivity contribution >= 4 is 27.3 Å². The van der Waals surface area contributed by atoms with Crippen LogP contribution in [0.2, 0.25) is 0 Å². The van der Waals surface area contributed by atoms with Gasteiger partial charge in [-0.1, -0.05) is 6.07 Å². The van der Waals surface area contributed by atoms with Gasteiger partial charge >= 0.3 is 0 Å². The molecule has 3 rings (SSSR count). The van der Waals surface area contributed by atoms with Crippen LogP contribution in [0.5, 0.6) is 0 Å². The fourth-order valence-corrected chi connectivity index (χ4v) is 3.65. The van der Waals surface area contributed by atoms with Crippen LogP contribution in [-0.4, -0.2) is 29.1 Å². The van der Waals surface area contributed by atoms with Crippen LogP contribution < -0.4 is 10.0 Å². The van der Waals surface area contributed by atoms with E-state index in [0.717, 1.165) is 6.07 Å². The summed E-state index contributed by atoms with van der Waals surface area (Å²) in [5.41, 5.74) is 1.34. The predicted octanol–water partition coefficient (Wildman–Crippen LogP) is 2.73. The van der Waals surface area contributed by atoms with E-state index in [1.54, 1.807) is 13.8 Å². The molecule has 0 aliphatic carbocycles. The number of amides is 1. The Morgan fingerprint density at radius 3 is 2.46 bits per heavy atom. The lowest BCUT2D eigenvalue weighted by Gasteiger charge is -2.13. The Morgan fingerprint density at radius 2 is 1.82 bits per heavy atom. The molecular formula is C18H18FN5O3S. The first-order valence-electron chi connectivity index (χ1n) is 8.30. The lowest BCUT2D eigenvalue weighted by atomic mass is 10.2. The normalized spacial score (nSPS) is 12.4.